The second kappa shape index (κ2) is 6.38. The molecule has 1 saturated heterocycles. The number of hydrogen-bond donors (Lipinski definition) is 1. The molecule has 4 rings (SSSR count). The first-order valence-electron chi connectivity index (χ1n) is 8.54. The second-order valence-electron chi connectivity index (χ2n) is 7.09. The summed E-state index contributed by atoms with van der Waals surface area (Å²) in [6, 6.07) is 0.588. The molecule has 1 amide bonds. The molecule has 1 aliphatic carbocycles. The van der Waals surface area contributed by atoms with Crippen molar-refractivity contribution in [1.82, 2.24) is 29.5 Å². The molecule has 8 nitrogen and oxygen atoms in total. The van der Waals surface area contributed by atoms with E-state index in [9.17, 15) is 9.59 Å². The van der Waals surface area contributed by atoms with Crippen LogP contribution in [0.1, 0.15) is 24.3 Å². The van der Waals surface area contributed by atoms with Crippen LogP contribution in [0.2, 0.25) is 0 Å². The number of piperidine rings is 1. The molecular formula is C16H22N6O2S. The largest absolute Gasteiger partial charge is 0.343 e. The van der Waals surface area contributed by atoms with Crippen LogP contribution in [-0.4, -0.2) is 61.6 Å². The fraction of sp³-hybridized carbons (Fsp3) is 0.625. The molecular weight excluding hydrogens is 340 g/mol. The summed E-state index contributed by atoms with van der Waals surface area (Å²) in [6.07, 6.45) is 6.50. The predicted octanol–water partition coefficient (Wildman–Crippen LogP) is 0.541. The molecule has 1 atom stereocenters. The number of H-pyrrole nitrogens is 1. The Morgan fingerprint density at radius 2 is 2.28 bits per heavy atom. The number of amides is 1. The van der Waals surface area contributed by atoms with Gasteiger partial charge in [0.1, 0.15) is 17.9 Å². The van der Waals surface area contributed by atoms with Gasteiger partial charge < -0.3 is 4.90 Å². The zero-order valence-electron chi connectivity index (χ0n) is 14.2. The molecule has 9 heteroatoms. The Hall–Kier alpha value is -2.00. The molecule has 2 aliphatic rings. The van der Waals surface area contributed by atoms with E-state index in [-0.39, 0.29) is 18.1 Å². The van der Waals surface area contributed by atoms with E-state index in [1.165, 1.54) is 17.3 Å². The zero-order valence-corrected chi connectivity index (χ0v) is 15.0. The van der Waals surface area contributed by atoms with E-state index in [0.29, 0.717) is 11.5 Å². The van der Waals surface area contributed by atoms with Crippen molar-refractivity contribution in [3.8, 4) is 0 Å². The van der Waals surface area contributed by atoms with Crippen LogP contribution >= 0.6 is 11.3 Å². The number of aromatic nitrogens is 4. The maximum absolute atomic E-state index is 12.4. The summed E-state index contributed by atoms with van der Waals surface area (Å²) in [7, 11) is 2.17. The van der Waals surface area contributed by atoms with Crippen LogP contribution < -0.4 is 5.69 Å². The molecule has 1 aliphatic heterocycles. The third kappa shape index (κ3) is 3.25. The van der Waals surface area contributed by atoms with Gasteiger partial charge in [0.05, 0.1) is 6.54 Å². The minimum absolute atomic E-state index is 0.00769. The Morgan fingerprint density at radius 3 is 2.92 bits per heavy atom. The molecule has 2 aromatic rings. The van der Waals surface area contributed by atoms with Crippen LogP contribution in [0.15, 0.2) is 22.7 Å². The summed E-state index contributed by atoms with van der Waals surface area (Å²) in [4.78, 5) is 32.5. The molecule has 25 heavy (non-hydrogen) atoms. The first kappa shape index (κ1) is 16.5. The van der Waals surface area contributed by atoms with E-state index in [2.05, 4.69) is 27.1 Å². The maximum Gasteiger partial charge on any atom is 0.343 e. The van der Waals surface area contributed by atoms with Crippen LogP contribution in [0.5, 0.6) is 0 Å². The predicted molar refractivity (Wildman–Crippen MR) is 93.1 cm³/mol. The molecule has 1 N–H and O–H groups in total. The van der Waals surface area contributed by atoms with Crippen LogP contribution in [0.3, 0.4) is 0 Å². The van der Waals surface area contributed by atoms with E-state index < -0.39 is 0 Å². The minimum atomic E-state index is -0.340. The summed E-state index contributed by atoms with van der Waals surface area (Å²) >= 11 is 1.70. The minimum Gasteiger partial charge on any atom is -0.341 e. The number of carbonyl (C=O) groups excluding carboxylic acids is 1. The van der Waals surface area contributed by atoms with Crippen molar-refractivity contribution in [1.29, 1.82) is 0 Å². The smallest absolute Gasteiger partial charge is 0.341 e. The first-order valence-corrected chi connectivity index (χ1v) is 9.42. The lowest BCUT2D eigenvalue weighted by molar-refractivity contribution is -0.133. The van der Waals surface area contributed by atoms with Gasteiger partial charge in [-0.2, -0.15) is 5.10 Å². The fourth-order valence-corrected chi connectivity index (χ4v) is 4.65. The number of aromatic amines is 1. The summed E-state index contributed by atoms with van der Waals surface area (Å²) in [6.45, 7) is 2.51. The Kier molecular flexibility index (Phi) is 4.20. The van der Waals surface area contributed by atoms with Crippen molar-refractivity contribution >= 4 is 17.2 Å². The Bertz CT molecular complexity index is 790. The Labute approximate surface area is 149 Å². The summed E-state index contributed by atoms with van der Waals surface area (Å²) in [5.74, 6) is -0.00769. The number of hydrogen-bond acceptors (Lipinski definition) is 6. The number of nitrogens with one attached hydrogen (secondary N) is 1. The number of carbonyl (C=O) groups is 1. The normalized spacial score (nSPS) is 21.8. The van der Waals surface area contributed by atoms with E-state index in [1.807, 2.05) is 16.5 Å². The van der Waals surface area contributed by atoms with Crippen molar-refractivity contribution in [2.75, 3.05) is 20.1 Å². The summed E-state index contributed by atoms with van der Waals surface area (Å²) in [5, 5.41) is 9.14. The van der Waals surface area contributed by atoms with Gasteiger partial charge in [0.2, 0.25) is 5.91 Å². The molecule has 134 valence electrons. The van der Waals surface area contributed by atoms with E-state index in [1.54, 1.807) is 11.3 Å². The van der Waals surface area contributed by atoms with Gasteiger partial charge in [0.15, 0.2) is 0 Å². The second-order valence-corrected chi connectivity index (χ2v) is 8.07. The average molecular weight is 362 g/mol. The van der Waals surface area contributed by atoms with Gasteiger partial charge in [-0.15, -0.1) is 11.3 Å². The van der Waals surface area contributed by atoms with Crippen molar-refractivity contribution in [2.45, 2.75) is 38.4 Å². The summed E-state index contributed by atoms with van der Waals surface area (Å²) in [5.41, 5.74) is 0.0165. The van der Waals surface area contributed by atoms with Crippen LogP contribution in [0.25, 0.3) is 0 Å². The van der Waals surface area contributed by atoms with Crippen molar-refractivity contribution < 1.29 is 4.79 Å². The number of likely N-dealkylation sites (tertiary alicyclic amines) is 1. The lowest BCUT2D eigenvalue weighted by atomic mass is 9.92. The van der Waals surface area contributed by atoms with E-state index in [4.69, 9.17) is 0 Å². The molecule has 0 radical (unpaired) electrons. The highest BCUT2D eigenvalue weighted by Crippen LogP contribution is 2.56. The third-order valence-electron chi connectivity index (χ3n) is 5.58. The molecule has 2 fully saturated rings. The zero-order chi connectivity index (χ0) is 17.4. The number of nitrogens with zero attached hydrogens (tertiary/aromatic N) is 5. The van der Waals surface area contributed by atoms with E-state index in [0.717, 1.165) is 37.5 Å². The third-order valence-corrected chi connectivity index (χ3v) is 6.35. The van der Waals surface area contributed by atoms with Crippen LogP contribution in [-0.2, 0) is 17.9 Å². The van der Waals surface area contributed by atoms with E-state index >= 15 is 0 Å². The fourth-order valence-electron chi connectivity index (χ4n) is 3.97. The quantitative estimate of drug-likeness (QED) is 0.839. The first-order chi connectivity index (χ1) is 12.1. The molecule has 1 unspecified atom stereocenters. The van der Waals surface area contributed by atoms with Crippen LogP contribution in [0, 0.1) is 5.41 Å². The highest BCUT2D eigenvalue weighted by molar-refractivity contribution is 7.09. The SMILES string of the molecule is CN(Cc1nccs1)C1CC12CCN(C(=O)Cn1cn[nH]c1=O)CC2. The van der Waals surface area contributed by atoms with Gasteiger partial charge in [0, 0.05) is 30.7 Å². The lowest BCUT2D eigenvalue weighted by Gasteiger charge is -2.34. The van der Waals surface area contributed by atoms with Gasteiger partial charge in [0.25, 0.3) is 0 Å². The highest BCUT2D eigenvalue weighted by atomic mass is 32.1. The van der Waals surface area contributed by atoms with Gasteiger partial charge >= 0.3 is 5.69 Å². The van der Waals surface area contributed by atoms with Gasteiger partial charge in [-0.1, -0.05) is 0 Å². The molecule has 3 heterocycles. The lowest BCUT2D eigenvalue weighted by Crippen LogP contribution is -2.43. The van der Waals surface area contributed by atoms with Crippen molar-refractivity contribution in [3.05, 3.63) is 33.4 Å². The monoisotopic (exact) mass is 362 g/mol. The van der Waals surface area contributed by atoms with Gasteiger partial charge in [-0.3, -0.25) is 14.3 Å². The molecule has 0 bridgehead atoms. The maximum atomic E-state index is 12.4. The molecule has 0 aromatic carbocycles. The average Bonchev–Trinajstić information content (AvgIpc) is 2.92. The molecule has 1 spiro atoms. The highest BCUT2D eigenvalue weighted by Gasteiger charge is 2.56. The summed E-state index contributed by atoms with van der Waals surface area (Å²) < 4.78 is 1.31. The van der Waals surface area contributed by atoms with Gasteiger partial charge in [-0.25, -0.2) is 14.9 Å². The molecule has 2 aromatic heterocycles. The topological polar surface area (TPSA) is 87.1 Å². The van der Waals surface area contributed by atoms with Gasteiger partial charge in [-0.05, 0) is 31.7 Å². The van der Waals surface area contributed by atoms with Crippen molar-refractivity contribution in [3.63, 3.8) is 0 Å². The van der Waals surface area contributed by atoms with Crippen molar-refractivity contribution in [2.24, 2.45) is 5.41 Å². The standard InChI is InChI=1S/C16H22N6O2S/c1-20(9-13-17-4-7-25-13)12-8-16(12)2-5-21(6-3-16)14(23)10-22-11-18-19-15(22)24/h4,7,11-12H,2-3,5-6,8-10H2,1H3,(H,19,24). The Morgan fingerprint density at radius 1 is 1.48 bits per heavy atom. The number of thiazole rings is 1. The molecule has 1 saturated carbocycles. The Balaban J connectivity index is 1.29. The van der Waals surface area contributed by atoms with Crippen LogP contribution in [0.4, 0.5) is 0 Å². The number of rotatable bonds is 5.